The van der Waals surface area contributed by atoms with Gasteiger partial charge in [-0.25, -0.2) is 9.97 Å². The van der Waals surface area contributed by atoms with Crippen molar-refractivity contribution in [2.45, 2.75) is 50.5 Å². The van der Waals surface area contributed by atoms with Gasteiger partial charge in [0.15, 0.2) is 0 Å². The SMILES string of the molecule is CCCCOc1cccc(-c2nc(C3CC(O)(CN4CCC4)C3)n3ccnc(N)c23)c1. The number of aliphatic hydroxyl groups is 1. The summed E-state index contributed by atoms with van der Waals surface area (Å²) in [5.41, 5.74) is 8.29. The number of nitrogen functional groups attached to an aromatic ring is 1. The van der Waals surface area contributed by atoms with Gasteiger partial charge in [0.25, 0.3) is 0 Å². The molecular weight excluding hydrogens is 390 g/mol. The standard InChI is InChI=1S/C24H31N5O2/c1-2-3-12-31-19-7-4-6-17(13-19)20-21-22(25)26-8-11-29(21)23(27-20)18-14-24(30,15-18)16-28-9-5-10-28/h4,6-8,11,13,18,30H,2-3,5,9-10,12,14-16H2,1H3,(H2,25,26). The third kappa shape index (κ3) is 3.88. The molecule has 3 aromatic rings. The second-order valence-corrected chi connectivity index (χ2v) is 9.04. The van der Waals surface area contributed by atoms with E-state index in [0.717, 1.165) is 73.7 Å². The molecule has 164 valence electrons. The minimum Gasteiger partial charge on any atom is -0.494 e. The Morgan fingerprint density at radius 1 is 1.29 bits per heavy atom. The van der Waals surface area contributed by atoms with Gasteiger partial charge in [0.1, 0.15) is 28.6 Å². The number of hydrogen-bond donors (Lipinski definition) is 2. The van der Waals surface area contributed by atoms with Crippen LogP contribution in [0.2, 0.25) is 0 Å². The zero-order valence-electron chi connectivity index (χ0n) is 18.1. The van der Waals surface area contributed by atoms with Gasteiger partial charge < -0.3 is 20.5 Å². The molecule has 1 saturated heterocycles. The quantitative estimate of drug-likeness (QED) is 0.542. The minimum absolute atomic E-state index is 0.207. The summed E-state index contributed by atoms with van der Waals surface area (Å²) in [5.74, 6) is 2.45. The molecule has 2 aromatic heterocycles. The largest absolute Gasteiger partial charge is 0.494 e. The second-order valence-electron chi connectivity index (χ2n) is 9.04. The Balaban J connectivity index is 1.44. The van der Waals surface area contributed by atoms with Crippen LogP contribution in [-0.2, 0) is 0 Å². The van der Waals surface area contributed by atoms with Gasteiger partial charge >= 0.3 is 0 Å². The van der Waals surface area contributed by atoms with Crippen LogP contribution in [-0.4, -0.2) is 56.2 Å². The van der Waals surface area contributed by atoms with Crippen LogP contribution in [0.15, 0.2) is 36.7 Å². The zero-order valence-corrected chi connectivity index (χ0v) is 18.1. The maximum atomic E-state index is 10.9. The van der Waals surface area contributed by atoms with Crippen LogP contribution >= 0.6 is 0 Å². The molecule has 2 fully saturated rings. The average Bonchev–Trinajstić information content (AvgIpc) is 3.10. The summed E-state index contributed by atoms with van der Waals surface area (Å²) in [7, 11) is 0. The lowest BCUT2D eigenvalue weighted by Crippen LogP contribution is -2.54. The highest BCUT2D eigenvalue weighted by molar-refractivity contribution is 5.85. The van der Waals surface area contributed by atoms with E-state index < -0.39 is 5.60 Å². The van der Waals surface area contributed by atoms with E-state index in [1.807, 2.05) is 30.5 Å². The van der Waals surface area contributed by atoms with Gasteiger partial charge in [-0.2, -0.15) is 0 Å². The van der Waals surface area contributed by atoms with Crippen molar-refractivity contribution in [3.63, 3.8) is 0 Å². The fourth-order valence-corrected chi connectivity index (χ4v) is 4.77. The number of nitrogens with two attached hydrogens (primary N) is 1. The summed E-state index contributed by atoms with van der Waals surface area (Å²) >= 11 is 0. The van der Waals surface area contributed by atoms with E-state index in [1.165, 1.54) is 6.42 Å². The van der Waals surface area contributed by atoms with E-state index in [1.54, 1.807) is 6.20 Å². The van der Waals surface area contributed by atoms with Gasteiger partial charge in [-0.3, -0.25) is 4.40 Å². The Labute approximate surface area is 182 Å². The number of likely N-dealkylation sites (tertiary alicyclic amines) is 1. The van der Waals surface area contributed by atoms with E-state index in [2.05, 4.69) is 21.2 Å². The van der Waals surface area contributed by atoms with Gasteiger partial charge in [0, 0.05) is 30.4 Å². The fourth-order valence-electron chi connectivity index (χ4n) is 4.77. The van der Waals surface area contributed by atoms with Crippen molar-refractivity contribution >= 4 is 11.3 Å². The maximum absolute atomic E-state index is 10.9. The number of benzene rings is 1. The first kappa shape index (κ1) is 20.3. The Bertz CT molecular complexity index is 1070. The topological polar surface area (TPSA) is 88.9 Å². The molecule has 0 unspecified atom stereocenters. The molecular formula is C24H31N5O2. The van der Waals surface area contributed by atoms with Crippen LogP contribution in [0, 0.1) is 0 Å². The molecule has 0 amide bonds. The van der Waals surface area contributed by atoms with Crippen LogP contribution in [0.4, 0.5) is 5.82 Å². The number of aromatic nitrogens is 3. The van der Waals surface area contributed by atoms with E-state index in [4.69, 9.17) is 15.5 Å². The molecule has 3 heterocycles. The van der Waals surface area contributed by atoms with Crippen molar-refractivity contribution in [2.75, 3.05) is 32.0 Å². The number of imidazole rings is 1. The molecule has 1 aromatic carbocycles. The van der Waals surface area contributed by atoms with Crippen molar-refractivity contribution in [3.8, 4) is 17.0 Å². The molecule has 0 bridgehead atoms. The van der Waals surface area contributed by atoms with Crippen molar-refractivity contribution in [1.29, 1.82) is 0 Å². The van der Waals surface area contributed by atoms with Crippen molar-refractivity contribution < 1.29 is 9.84 Å². The lowest BCUT2D eigenvalue weighted by atomic mass is 9.70. The third-order valence-corrected chi connectivity index (χ3v) is 6.57. The molecule has 1 saturated carbocycles. The van der Waals surface area contributed by atoms with Crippen molar-refractivity contribution in [1.82, 2.24) is 19.3 Å². The molecule has 3 N–H and O–H groups in total. The summed E-state index contributed by atoms with van der Waals surface area (Å²) in [5, 5.41) is 10.9. The van der Waals surface area contributed by atoms with Gasteiger partial charge in [0.2, 0.25) is 0 Å². The number of β-amino-alcohol motifs (C(OH)–C–C–N with tert-alkyl or cyclic N) is 1. The third-order valence-electron chi connectivity index (χ3n) is 6.57. The number of fused-ring (bicyclic) bond motifs is 1. The predicted octanol–water partition coefficient (Wildman–Crippen LogP) is 3.47. The summed E-state index contributed by atoms with van der Waals surface area (Å²) in [4.78, 5) is 11.7. The first-order valence-electron chi connectivity index (χ1n) is 11.4. The number of rotatable bonds is 8. The molecule has 5 rings (SSSR count). The van der Waals surface area contributed by atoms with Crippen LogP contribution < -0.4 is 10.5 Å². The Morgan fingerprint density at radius 2 is 2.13 bits per heavy atom. The monoisotopic (exact) mass is 421 g/mol. The molecule has 0 spiro atoms. The van der Waals surface area contributed by atoms with Crippen molar-refractivity contribution in [3.05, 3.63) is 42.5 Å². The van der Waals surface area contributed by atoms with Crippen LogP contribution in [0.25, 0.3) is 16.8 Å². The van der Waals surface area contributed by atoms with E-state index in [-0.39, 0.29) is 5.92 Å². The normalized spacial score (nSPS) is 23.5. The number of nitrogens with zero attached hydrogens (tertiary/aromatic N) is 4. The molecule has 0 radical (unpaired) electrons. The van der Waals surface area contributed by atoms with Gasteiger partial charge in [0.05, 0.1) is 12.2 Å². The van der Waals surface area contributed by atoms with E-state index >= 15 is 0 Å². The molecule has 2 aliphatic rings. The first-order valence-corrected chi connectivity index (χ1v) is 11.4. The molecule has 31 heavy (non-hydrogen) atoms. The lowest BCUT2D eigenvalue weighted by molar-refractivity contribution is -0.0835. The first-order chi connectivity index (χ1) is 15.1. The number of anilines is 1. The van der Waals surface area contributed by atoms with Crippen molar-refractivity contribution in [2.24, 2.45) is 0 Å². The summed E-state index contributed by atoms with van der Waals surface area (Å²) in [6.07, 6.45) is 8.46. The predicted molar refractivity (Wildman–Crippen MR) is 121 cm³/mol. The number of unbranched alkanes of at least 4 members (excludes halogenated alkanes) is 1. The molecule has 1 aliphatic carbocycles. The summed E-state index contributed by atoms with van der Waals surface area (Å²) in [6.45, 7) is 5.82. The highest BCUT2D eigenvalue weighted by atomic mass is 16.5. The number of ether oxygens (including phenoxy) is 1. The Hall–Kier alpha value is -2.64. The Kier molecular flexibility index (Phi) is 5.32. The van der Waals surface area contributed by atoms with Gasteiger partial charge in [-0.05, 0) is 50.9 Å². The zero-order chi connectivity index (χ0) is 21.4. The Morgan fingerprint density at radius 3 is 2.87 bits per heavy atom. The maximum Gasteiger partial charge on any atom is 0.150 e. The lowest BCUT2D eigenvalue weighted by Gasteiger charge is -2.47. The van der Waals surface area contributed by atoms with E-state index in [9.17, 15) is 5.11 Å². The average molecular weight is 422 g/mol. The van der Waals surface area contributed by atoms with Gasteiger partial charge in [-0.15, -0.1) is 0 Å². The highest BCUT2D eigenvalue weighted by Crippen LogP contribution is 2.46. The highest BCUT2D eigenvalue weighted by Gasteiger charge is 2.46. The molecule has 7 heteroatoms. The van der Waals surface area contributed by atoms with Crippen LogP contribution in [0.3, 0.4) is 0 Å². The van der Waals surface area contributed by atoms with Crippen LogP contribution in [0.1, 0.15) is 50.8 Å². The number of hydrogen-bond acceptors (Lipinski definition) is 6. The fraction of sp³-hybridized carbons (Fsp3) is 0.500. The van der Waals surface area contributed by atoms with E-state index in [0.29, 0.717) is 12.4 Å². The summed E-state index contributed by atoms with van der Waals surface area (Å²) < 4.78 is 7.95. The second kappa shape index (κ2) is 8.13. The molecule has 0 atom stereocenters. The molecule has 7 nitrogen and oxygen atoms in total. The molecule has 1 aliphatic heterocycles. The van der Waals surface area contributed by atoms with Crippen LogP contribution in [0.5, 0.6) is 5.75 Å². The van der Waals surface area contributed by atoms with Gasteiger partial charge in [-0.1, -0.05) is 25.5 Å². The summed E-state index contributed by atoms with van der Waals surface area (Å²) in [6, 6.07) is 8.02. The minimum atomic E-state index is -0.608. The smallest absolute Gasteiger partial charge is 0.150 e.